The SMILES string of the molecule is CCn1nc(C)c2c(NC3CCC(C(=O)O)CC3)c(C3=CC4(CC(C(=O)NC)C4)ON3)cnc21. The van der Waals surface area contributed by atoms with Crippen LogP contribution in [0.2, 0.25) is 0 Å². The summed E-state index contributed by atoms with van der Waals surface area (Å²) in [4.78, 5) is 34.0. The molecule has 1 amide bonds. The Morgan fingerprint density at radius 1 is 1.26 bits per heavy atom. The number of carboxylic acid groups (broad SMARTS) is 1. The van der Waals surface area contributed by atoms with E-state index in [1.54, 1.807) is 7.05 Å². The standard InChI is InChI=1S/C24H32N6O4/c1-4-30-21-19(13(2)28-30)20(27-16-7-5-14(6-8-16)23(32)33)17(12-26-21)18-11-24(34-29-18)9-15(10-24)22(31)25-3/h11-12,14-16,29H,4-10H2,1-3H3,(H,25,31)(H,26,27)(H,32,33). The molecule has 34 heavy (non-hydrogen) atoms. The van der Waals surface area contributed by atoms with Crippen LogP contribution in [0.25, 0.3) is 16.7 Å². The van der Waals surface area contributed by atoms with Crippen molar-refractivity contribution in [1.29, 1.82) is 0 Å². The maximum Gasteiger partial charge on any atom is 0.306 e. The van der Waals surface area contributed by atoms with E-state index in [4.69, 9.17) is 9.82 Å². The van der Waals surface area contributed by atoms with Crippen LogP contribution < -0.4 is 16.1 Å². The summed E-state index contributed by atoms with van der Waals surface area (Å²) in [6, 6.07) is 0.169. The molecule has 0 bridgehead atoms. The van der Waals surface area contributed by atoms with Crippen molar-refractivity contribution in [2.75, 3.05) is 12.4 Å². The van der Waals surface area contributed by atoms with Gasteiger partial charge in [0.05, 0.1) is 28.4 Å². The lowest BCUT2D eigenvalue weighted by atomic mass is 9.70. The maximum absolute atomic E-state index is 12.0. The van der Waals surface area contributed by atoms with Gasteiger partial charge in [0, 0.05) is 37.3 Å². The van der Waals surface area contributed by atoms with Crippen molar-refractivity contribution in [3.8, 4) is 0 Å². The number of pyridine rings is 1. The van der Waals surface area contributed by atoms with Gasteiger partial charge in [0.15, 0.2) is 5.65 Å². The number of hydroxylamine groups is 1. The minimum absolute atomic E-state index is 0.0427. The fourth-order valence-corrected chi connectivity index (χ4v) is 5.56. The Kier molecular flexibility index (Phi) is 5.71. The van der Waals surface area contributed by atoms with E-state index in [0.717, 1.165) is 46.5 Å². The fraction of sp³-hybridized carbons (Fsp3) is 0.583. The third-order valence-corrected chi connectivity index (χ3v) is 7.52. The second-order valence-electron chi connectivity index (χ2n) is 9.72. The molecule has 0 radical (unpaired) electrons. The lowest BCUT2D eigenvalue weighted by molar-refractivity contribution is -0.146. The summed E-state index contributed by atoms with van der Waals surface area (Å²) in [5, 5.41) is 21.4. The number of carbonyl (C=O) groups excluding carboxylic acids is 1. The molecule has 0 unspecified atom stereocenters. The van der Waals surface area contributed by atoms with Crippen molar-refractivity contribution >= 4 is 34.3 Å². The number of aliphatic carboxylic acids is 1. The van der Waals surface area contributed by atoms with E-state index >= 15 is 0 Å². The number of hydrogen-bond acceptors (Lipinski definition) is 7. The van der Waals surface area contributed by atoms with E-state index < -0.39 is 11.6 Å². The minimum Gasteiger partial charge on any atom is -0.481 e. The molecule has 2 aromatic heterocycles. The number of nitrogens with one attached hydrogen (secondary N) is 3. The van der Waals surface area contributed by atoms with Crippen LogP contribution in [0.1, 0.15) is 56.7 Å². The lowest BCUT2D eigenvalue weighted by Gasteiger charge is -2.40. The maximum atomic E-state index is 12.0. The molecule has 4 N–H and O–H groups in total. The van der Waals surface area contributed by atoms with Gasteiger partial charge in [-0.1, -0.05) is 0 Å². The van der Waals surface area contributed by atoms with E-state index in [1.807, 2.05) is 24.7 Å². The van der Waals surface area contributed by atoms with Gasteiger partial charge in [-0.2, -0.15) is 5.10 Å². The summed E-state index contributed by atoms with van der Waals surface area (Å²) in [7, 11) is 1.66. The molecule has 3 heterocycles. The summed E-state index contributed by atoms with van der Waals surface area (Å²) in [6.07, 6.45) is 8.10. The van der Waals surface area contributed by atoms with Crippen LogP contribution in [0.15, 0.2) is 12.3 Å². The highest BCUT2D eigenvalue weighted by Crippen LogP contribution is 2.47. The number of aromatic nitrogens is 3. The van der Waals surface area contributed by atoms with Crippen molar-refractivity contribution in [2.24, 2.45) is 11.8 Å². The predicted molar refractivity (Wildman–Crippen MR) is 127 cm³/mol. The Morgan fingerprint density at radius 2 is 2.00 bits per heavy atom. The fourth-order valence-electron chi connectivity index (χ4n) is 5.56. The highest BCUT2D eigenvalue weighted by Gasteiger charge is 2.50. The van der Waals surface area contributed by atoms with Crippen molar-refractivity contribution in [3.63, 3.8) is 0 Å². The van der Waals surface area contributed by atoms with Gasteiger partial charge in [0.1, 0.15) is 5.60 Å². The lowest BCUT2D eigenvalue weighted by Crippen LogP contribution is -2.49. The first-order valence-corrected chi connectivity index (χ1v) is 12.1. The normalized spacial score (nSPS) is 28.3. The monoisotopic (exact) mass is 468 g/mol. The number of hydrogen-bond donors (Lipinski definition) is 4. The van der Waals surface area contributed by atoms with Crippen LogP contribution in [-0.2, 0) is 21.0 Å². The Bertz CT molecular complexity index is 1160. The van der Waals surface area contributed by atoms with Crippen molar-refractivity contribution in [3.05, 3.63) is 23.5 Å². The molecule has 2 aliphatic carbocycles. The molecule has 0 saturated heterocycles. The van der Waals surface area contributed by atoms with Gasteiger partial charge in [-0.15, -0.1) is 0 Å². The zero-order valence-corrected chi connectivity index (χ0v) is 19.9. The Morgan fingerprint density at radius 3 is 2.65 bits per heavy atom. The number of anilines is 1. The highest BCUT2D eigenvalue weighted by atomic mass is 16.7. The molecular weight excluding hydrogens is 436 g/mol. The van der Waals surface area contributed by atoms with E-state index in [9.17, 15) is 14.7 Å². The largest absolute Gasteiger partial charge is 0.481 e. The first-order chi connectivity index (χ1) is 16.3. The van der Waals surface area contributed by atoms with Crippen LogP contribution in [0.4, 0.5) is 5.69 Å². The molecule has 5 rings (SSSR count). The summed E-state index contributed by atoms with van der Waals surface area (Å²) in [5.41, 5.74) is 6.99. The Balaban J connectivity index is 1.48. The van der Waals surface area contributed by atoms with Crippen LogP contribution in [-0.4, -0.2) is 50.4 Å². The molecule has 2 saturated carbocycles. The summed E-state index contributed by atoms with van der Waals surface area (Å²) in [5.74, 6) is -0.973. The first kappa shape index (κ1) is 22.6. The second-order valence-corrected chi connectivity index (χ2v) is 9.72. The molecule has 3 aliphatic rings. The van der Waals surface area contributed by atoms with Gasteiger partial charge in [0.2, 0.25) is 5.91 Å². The Labute approximate surface area is 198 Å². The summed E-state index contributed by atoms with van der Waals surface area (Å²) in [6.45, 7) is 4.74. The van der Waals surface area contributed by atoms with Crippen LogP contribution in [0.5, 0.6) is 0 Å². The average Bonchev–Trinajstić information content (AvgIpc) is 3.40. The van der Waals surface area contributed by atoms with Gasteiger partial charge in [0.25, 0.3) is 0 Å². The molecule has 10 heteroatoms. The highest BCUT2D eigenvalue weighted by molar-refractivity contribution is 5.98. The number of carboxylic acids is 1. The third-order valence-electron chi connectivity index (χ3n) is 7.52. The van der Waals surface area contributed by atoms with E-state index in [2.05, 4.69) is 27.3 Å². The number of nitrogens with zero attached hydrogens (tertiary/aromatic N) is 3. The van der Waals surface area contributed by atoms with Crippen molar-refractivity contribution in [1.82, 2.24) is 25.6 Å². The van der Waals surface area contributed by atoms with Crippen LogP contribution >= 0.6 is 0 Å². The molecule has 2 fully saturated rings. The molecule has 1 spiro atoms. The Hall–Kier alpha value is -3.14. The quantitative estimate of drug-likeness (QED) is 0.509. The predicted octanol–water partition coefficient (Wildman–Crippen LogP) is 2.59. The van der Waals surface area contributed by atoms with E-state index in [0.29, 0.717) is 32.2 Å². The molecular formula is C24H32N6O4. The van der Waals surface area contributed by atoms with Crippen molar-refractivity contribution < 1.29 is 19.5 Å². The van der Waals surface area contributed by atoms with Crippen LogP contribution in [0, 0.1) is 18.8 Å². The van der Waals surface area contributed by atoms with Crippen LogP contribution in [0.3, 0.4) is 0 Å². The third kappa shape index (κ3) is 3.79. The smallest absolute Gasteiger partial charge is 0.306 e. The summed E-state index contributed by atoms with van der Waals surface area (Å²) >= 11 is 0. The van der Waals surface area contributed by atoms with Gasteiger partial charge < -0.3 is 15.7 Å². The van der Waals surface area contributed by atoms with E-state index in [1.165, 1.54) is 0 Å². The second kappa shape index (κ2) is 8.57. The van der Waals surface area contributed by atoms with Gasteiger partial charge in [-0.05, 0) is 58.4 Å². The van der Waals surface area contributed by atoms with Gasteiger partial charge in [-0.3, -0.25) is 19.9 Å². The first-order valence-electron chi connectivity index (χ1n) is 12.1. The van der Waals surface area contributed by atoms with Gasteiger partial charge in [-0.25, -0.2) is 9.67 Å². The average molecular weight is 469 g/mol. The molecule has 1 aliphatic heterocycles. The van der Waals surface area contributed by atoms with Gasteiger partial charge >= 0.3 is 5.97 Å². The number of rotatable bonds is 6. The molecule has 0 aromatic carbocycles. The minimum atomic E-state index is -0.705. The molecule has 10 nitrogen and oxygen atoms in total. The number of aryl methyl sites for hydroxylation is 2. The number of fused-ring (bicyclic) bond motifs is 1. The van der Waals surface area contributed by atoms with Crippen molar-refractivity contribution in [2.45, 2.75) is 70.6 Å². The summed E-state index contributed by atoms with van der Waals surface area (Å²) < 4.78 is 1.90. The number of carbonyl (C=O) groups is 2. The zero-order valence-electron chi connectivity index (χ0n) is 19.9. The topological polar surface area (TPSA) is 130 Å². The molecule has 2 aromatic rings. The number of amides is 1. The zero-order chi connectivity index (χ0) is 24.0. The van der Waals surface area contributed by atoms with E-state index in [-0.39, 0.29) is 23.8 Å². The molecule has 0 atom stereocenters. The molecule has 182 valence electrons.